The van der Waals surface area contributed by atoms with Gasteiger partial charge in [0.25, 0.3) is 0 Å². The maximum absolute atomic E-state index is 4.32. The Bertz CT molecular complexity index is 408. The molecule has 20 heavy (non-hydrogen) atoms. The van der Waals surface area contributed by atoms with Crippen LogP contribution in [0.4, 0.5) is 0 Å². The lowest BCUT2D eigenvalue weighted by molar-refractivity contribution is 0.0981. The topological polar surface area (TPSA) is 29.9 Å². The van der Waals surface area contributed by atoms with Crippen LogP contribution in [-0.4, -0.2) is 22.4 Å². The van der Waals surface area contributed by atoms with Gasteiger partial charge in [-0.3, -0.25) is 4.68 Å². The van der Waals surface area contributed by atoms with Crippen LogP contribution in [0.2, 0.25) is 0 Å². The van der Waals surface area contributed by atoms with Crippen LogP contribution in [0.15, 0.2) is 12.4 Å². The zero-order valence-electron chi connectivity index (χ0n) is 13.7. The summed E-state index contributed by atoms with van der Waals surface area (Å²) in [6, 6.07) is 0.592. The van der Waals surface area contributed by atoms with Crippen LogP contribution in [0.3, 0.4) is 0 Å². The zero-order valence-corrected chi connectivity index (χ0v) is 13.7. The predicted molar refractivity (Wildman–Crippen MR) is 84.7 cm³/mol. The normalized spacial score (nSPS) is 23.7. The Morgan fingerprint density at radius 1 is 1.45 bits per heavy atom. The smallest absolute Gasteiger partial charge is 0.0522 e. The van der Waals surface area contributed by atoms with E-state index in [1.54, 1.807) is 0 Å². The average molecular weight is 277 g/mol. The third-order valence-electron chi connectivity index (χ3n) is 4.95. The molecule has 3 nitrogen and oxygen atoms in total. The molecule has 1 N–H and O–H groups in total. The highest BCUT2D eigenvalue weighted by Crippen LogP contribution is 2.42. The first-order valence-corrected chi connectivity index (χ1v) is 8.24. The quantitative estimate of drug-likeness (QED) is 0.862. The largest absolute Gasteiger partial charge is 0.313 e. The summed E-state index contributed by atoms with van der Waals surface area (Å²) in [5, 5.41) is 8.14. The summed E-state index contributed by atoms with van der Waals surface area (Å²) in [7, 11) is 2.00. The molecule has 0 aromatic carbocycles. The van der Waals surface area contributed by atoms with Crippen molar-refractivity contribution in [1.82, 2.24) is 15.1 Å². The van der Waals surface area contributed by atoms with Gasteiger partial charge in [0, 0.05) is 19.3 Å². The summed E-state index contributed by atoms with van der Waals surface area (Å²) in [5.41, 5.74) is 1.83. The van der Waals surface area contributed by atoms with Gasteiger partial charge >= 0.3 is 0 Å². The van der Waals surface area contributed by atoms with Crippen LogP contribution in [0.5, 0.6) is 0 Å². The number of nitrogens with zero attached hydrogens (tertiary/aromatic N) is 2. The Morgan fingerprint density at radius 3 is 2.85 bits per heavy atom. The molecule has 0 bridgehead atoms. The molecule has 0 spiro atoms. The predicted octanol–water partition coefficient (Wildman–Crippen LogP) is 3.55. The molecule has 1 aromatic heterocycles. The van der Waals surface area contributed by atoms with E-state index in [-0.39, 0.29) is 0 Å². The van der Waals surface area contributed by atoms with Crippen molar-refractivity contribution in [1.29, 1.82) is 0 Å². The maximum atomic E-state index is 4.32. The maximum Gasteiger partial charge on any atom is 0.0522 e. The molecule has 0 radical (unpaired) electrons. The van der Waals surface area contributed by atoms with Crippen molar-refractivity contribution in [3.05, 3.63) is 18.0 Å². The number of hydrogen-bond donors (Lipinski definition) is 1. The van der Waals surface area contributed by atoms with Crippen LogP contribution in [0.25, 0.3) is 0 Å². The fourth-order valence-electron chi connectivity index (χ4n) is 3.78. The molecule has 0 amide bonds. The van der Waals surface area contributed by atoms with E-state index in [4.69, 9.17) is 0 Å². The fourth-order valence-corrected chi connectivity index (χ4v) is 3.78. The summed E-state index contributed by atoms with van der Waals surface area (Å²) >= 11 is 0. The molecule has 1 aliphatic rings. The number of aryl methyl sites for hydroxylation is 1. The summed E-state index contributed by atoms with van der Waals surface area (Å²) in [6.07, 6.45) is 12.0. The van der Waals surface area contributed by atoms with Crippen molar-refractivity contribution in [2.45, 2.75) is 65.3 Å². The Labute approximate surface area is 124 Å². The van der Waals surface area contributed by atoms with Gasteiger partial charge < -0.3 is 5.32 Å². The van der Waals surface area contributed by atoms with Crippen molar-refractivity contribution >= 4 is 0 Å². The second-order valence-corrected chi connectivity index (χ2v) is 7.13. The average Bonchev–Trinajstić information content (AvgIpc) is 2.80. The second-order valence-electron chi connectivity index (χ2n) is 7.13. The molecule has 114 valence electrons. The van der Waals surface area contributed by atoms with E-state index in [0.717, 1.165) is 18.9 Å². The first-order chi connectivity index (χ1) is 9.53. The van der Waals surface area contributed by atoms with Crippen molar-refractivity contribution in [2.75, 3.05) is 6.54 Å². The third-order valence-corrected chi connectivity index (χ3v) is 4.95. The lowest BCUT2D eigenvalue weighted by Crippen LogP contribution is -2.46. The molecule has 2 unspecified atom stereocenters. The Kier molecular flexibility index (Phi) is 5.25. The Balaban J connectivity index is 2.09. The molecular weight excluding hydrogens is 246 g/mol. The summed E-state index contributed by atoms with van der Waals surface area (Å²) in [4.78, 5) is 0. The third kappa shape index (κ3) is 3.85. The van der Waals surface area contributed by atoms with Gasteiger partial charge in [-0.25, -0.2) is 0 Å². The van der Waals surface area contributed by atoms with E-state index < -0.39 is 0 Å². The lowest BCUT2D eigenvalue weighted by atomic mass is 9.65. The van der Waals surface area contributed by atoms with Crippen molar-refractivity contribution in [3.63, 3.8) is 0 Å². The van der Waals surface area contributed by atoms with E-state index in [9.17, 15) is 0 Å². The van der Waals surface area contributed by atoms with Gasteiger partial charge in [-0.05, 0) is 49.1 Å². The second kappa shape index (κ2) is 6.75. The lowest BCUT2D eigenvalue weighted by Gasteiger charge is -2.43. The molecule has 3 heteroatoms. The van der Waals surface area contributed by atoms with Crippen molar-refractivity contribution in [3.8, 4) is 0 Å². The molecule has 1 fully saturated rings. The van der Waals surface area contributed by atoms with Gasteiger partial charge in [0.05, 0.1) is 6.20 Å². The minimum atomic E-state index is 0.464. The van der Waals surface area contributed by atoms with Crippen LogP contribution in [0, 0.1) is 11.3 Å². The number of nitrogens with one attached hydrogen (secondary N) is 1. The van der Waals surface area contributed by atoms with E-state index >= 15 is 0 Å². The molecule has 2 atom stereocenters. The fraction of sp³-hybridized carbons (Fsp3) is 0.824. The standard InChI is InChI=1S/C17H31N3/c1-5-10-18-16(11-14-12-19-20(4)13-14)15-8-6-7-9-17(15,2)3/h12-13,15-16,18H,5-11H2,1-4H3. The molecule has 2 rings (SSSR count). The summed E-state index contributed by atoms with van der Waals surface area (Å²) in [5.74, 6) is 0.781. The number of rotatable bonds is 6. The first-order valence-electron chi connectivity index (χ1n) is 8.24. The van der Waals surface area contributed by atoms with Crippen LogP contribution >= 0.6 is 0 Å². The highest BCUT2D eigenvalue weighted by molar-refractivity contribution is 5.08. The molecule has 1 aliphatic carbocycles. The highest BCUT2D eigenvalue weighted by Gasteiger charge is 2.37. The monoisotopic (exact) mass is 277 g/mol. The minimum absolute atomic E-state index is 0.464. The van der Waals surface area contributed by atoms with Gasteiger partial charge in [0.2, 0.25) is 0 Å². The molecule has 1 heterocycles. The molecular formula is C17H31N3. The summed E-state index contributed by atoms with van der Waals surface area (Å²) in [6.45, 7) is 8.29. The number of hydrogen-bond acceptors (Lipinski definition) is 2. The molecule has 0 aliphatic heterocycles. The Morgan fingerprint density at radius 2 is 2.25 bits per heavy atom. The molecule has 0 saturated heterocycles. The van der Waals surface area contributed by atoms with Gasteiger partial charge in [-0.15, -0.1) is 0 Å². The summed E-state index contributed by atoms with van der Waals surface area (Å²) < 4.78 is 1.91. The van der Waals surface area contributed by atoms with Crippen molar-refractivity contribution < 1.29 is 0 Å². The van der Waals surface area contributed by atoms with Crippen molar-refractivity contribution in [2.24, 2.45) is 18.4 Å². The van der Waals surface area contributed by atoms with E-state index in [2.05, 4.69) is 37.4 Å². The SMILES string of the molecule is CCCNC(Cc1cnn(C)c1)C1CCCCC1(C)C. The Hall–Kier alpha value is -0.830. The van der Waals surface area contributed by atoms with Crippen LogP contribution in [-0.2, 0) is 13.5 Å². The van der Waals surface area contributed by atoms with E-state index in [0.29, 0.717) is 11.5 Å². The van der Waals surface area contributed by atoms with Gasteiger partial charge in [0.15, 0.2) is 0 Å². The van der Waals surface area contributed by atoms with E-state index in [1.807, 2.05) is 17.9 Å². The van der Waals surface area contributed by atoms with Gasteiger partial charge in [-0.1, -0.05) is 33.6 Å². The minimum Gasteiger partial charge on any atom is -0.313 e. The number of aromatic nitrogens is 2. The molecule has 1 saturated carbocycles. The van der Waals surface area contributed by atoms with Crippen LogP contribution in [0.1, 0.15) is 58.4 Å². The van der Waals surface area contributed by atoms with E-state index in [1.165, 1.54) is 37.7 Å². The van der Waals surface area contributed by atoms with Gasteiger partial charge in [-0.2, -0.15) is 5.10 Å². The van der Waals surface area contributed by atoms with Crippen LogP contribution < -0.4 is 5.32 Å². The highest BCUT2D eigenvalue weighted by atomic mass is 15.2. The molecule has 1 aromatic rings. The van der Waals surface area contributed by atoms with Gasteiger partial charge in [0.1, 0.15) is 0 Å². The zero-order chi connectivity index (χ0) is 14.6. The first kappa shape index (κ1) is 15.6.